The van der Waals surface area contributed by atoms with Crippen molar-refractivity contribution in [3.05, 3.63) is 76.5 Å². The smallest absolute Gasteiger partial charge is 0.258 e. The Morgan fingerprint density at radius 2 is 1.76 bits per heavy atom. The van der Waals surface area contributed by atoms with Gasteiger partial charge in [0.25, 0.3) is 5.91 Å². The van der Waals surface area contributed by atoms with E-state index in [4.69, 9.17) is 4.74 Å². The minimum absolute atomic E-state index is 0.0758. The number of hydrogen-bond donors (Lipinski definition) is 1. The van der Waals surface area contributed by atoms with E-state index in [2.05, 4.69) is 21.2 Å². The van der Waals surface area contributed by atoms with E-state index < -0.39 is 0 Å². The van der Waals surface area contributed by atoms with Gasteiger partial charge in [-0.15, -0.1) is 0 Å². The van der Waals surface area contributed by atoms with Gasteiger partial charge in [-0.25, -0.2) is 4.39 Å². The maximum Gasteiger partial charge on any atom is 0.258 e. The summed E-state index contributed by atoms with van der Waals surface area (Å²) >= 11 is 3.44. The van der Waals surface area contributed by atoms with E-state index in [1.165, 1.54) is 12.1 Å². The van der Waals surface area contributed by atoms with E-state index >= 15 is 0 Å². The van der Waals surface area contributed by atoms with E-state index in [1.54, 1.807) is 12.1 Å². The second kappa shape index (κ2) is 7.66. The third kappa shape index (κ3) is 4.57. The van der Waals surface area contributed by atoms with Crippen LogP contribution in [0.5, 0.6) is 5.75 Å². The molecule has 0 spiro atoms. The number of amides is 1. The van der Waals surface area contributed by atoms with Gasteiger partial charge >= 0.3 is 0 Å². The van der Waals surface area contributed by atoms with Crippen molar-refractivity contribution >= 4 is 32.6 Å². The van der Waals surface area contributed by atoms with E-state index in [1.807, 2.05) is 43.3 Å². The second-order valence-corrected chi connectivity index (χ2v) is 6.70. The molecule has 0 radical (unpaired) electrons. The predicted molar refractivity (Wildman–Crippen MR) is 100 cm³/mol. The molecule has 3 rings (SSSR count). The van der Waals surface area contributed by atoms with Gasteiger partial charge in [0, 0.05) is 4.47 Å². The van der Waals surface area contributed by atoms with Crippen molar-refractivity contribution in [1.82, 2.24) is 5.32 Å². The Hall–Kier alpha value is -2.40. The Morgan fingerprint density at radius 3 is 2.52 bits per heavy atom. The predicted octanol–water partition coefficient (Wildman–Crippen LogP) is 5.00. The first-order valence-electron chi connectivity index (χ1n) is 7.88. The van der Waals surface area contributed by atoms with E-state index in [0.717, 1.165) is 20.8 Å². The zero-order valence-corrected chi connectivity index (χ0v) is 15.2. The molecule has 0 saturated heterocycles. The monoisotopic (exact) mass is 401 g/mol. The van der Waals surface area contributed by atoms with Gasteiger partial charge in [0.05, 0.1) is 6.04 Å². The quantitative estimate of drug-likeness (QED) is 0.653. The lowest BCUT2D eigenvalue weighted by Gasteiger charge is -2.15. The fraction of sp³-hybridized carbons (Fsp3) is 0.150. The summed E-state index contributed by atoms with van der Waals surface area (Å²) in [6.07, 6.45) is 0. The number of rotatable bonds is 5. The third-order valence-electron chi connectivity index (χ3n) is 3.89. The maximum absolute atomic E-state index is 12.9. The topological polar surface area (TPSA) is 38.3 Å². The first kappa shape index (κ1) is 17.4. The third-order valence-corrected chi connectivity index (χ3v) is 4.38. The van der Waals surface area contributed by atoms with Crippen molar-refractivity contribution in [2.75, 3.05) is 6.61 Å². The van der Waals surface area contributed by atoms with Gasteiger partial charge in [-0.1, -0.05) is 40.2 Å². The van der Waals surface area contributed by atoms with Gasteiger partial charge < -0.3 is 10.1 Å². The molecule has 25 heavy (non-hydrogen) atoms. The molecule has 0 fully saturated rings. The standard InChI is InChI=1S/C20H17BrFNO2/c1-13(14-3-7-18(22)8-4-14)23-20(24)12-25-19-9-5-15-10-17(21)6-2-16(15)11-19/h2-11,13H,12H2,1H3,(H,23,24). The molecule has 1 N–H and O–H groups in total. The van der Waals surface area contributed by atoms with Gasteiger partial charge in [-0.3, -0.25) is 4.79 Å². The molecule has 5 heteroatoms. The Bertz CT molecular complexity index is 896. The molecule has 0 aliphatic carbocycles. The van der Waals surface area contributed by atoms with E-state index in [0.29, 0.717) is 5.75 Å². The molecular weight excluding hydrogens is 385 g/mol. The van der Waals surface area contributed by atoms with Crippen LogP contribution in [0.3, 0.4) is 0 Å². The van der Waals surface area contributed by atoms with E-state index in [9.17, 15) is 9.18 Å². The molecular formula is C20H17BrFNO2. The van der Waals surface area contributed by atoms with Crippen LogP contribution in [-0.4, -0.2) is 12.5 Å². The minimum Gasteiger partial charge on any atom is -0.484 e. The Kier molecular flexibility index (Phi) is 5.34. The van der Waals surface area contributed by atoms with Crippen LogP contribution in [0.2, 0.25) is 0 Å². The molecule has 3 aromatic rings. The summed E-state index contributed by atoms with van der Waals surface area (Å²) in [5.41, 5.74) is 0.839. The average molecular weight is 402 g/mol. The number of nitrogens with one attached hydrogen (secondary N) is 1. The zero-order chi connectivity index (χ0) is 17.8. The summed E-state index contributed by atoms with van der Waals surface area (Å²) < 4.78 is 19.5. The first-order chi connectivity index (χ1) is 12.0. The second-order valence-electron chi connectivity index (χ2n) is 5.78. The fourth-order valence-electron chi connectivity index (χ4n) is 2.55. The molecule has 3 aromatic carbocycles. The highest BCUT2D eigenvalue weighted by Crippen LogP contribution is 2.24. The van der Waals surface area contributed by atoms with Crippen LogP contribution in [0, 0.1) is 5.82 Å². The molecule has 128 valence electrons. The summed E-state index contributed by atoms with van der Waals surface area (Å²) in [5, 5.41) is 4.97. The fourth-order valence-corrected chi connectivity index (χ4v) is 2.93. The minimum atomic E-state index is -0.297. The number of benzene rings is 3. The summed E-state index contributed by atoms with van der Waals surface area (Å²) in [4.78, 5) is 12.1. The van der Waals surface area contributed by atoms with Crippen LogP contribution in [0.25, 0.3) is 10.8 Å². The van der Waals surface area contributed by atoms with Gasteiger partial charge in [-0.2, -0.15) is 0 Å². The van der Waals surface area contributed by atoms with Gasteiger partial charge in [-0.05, 0) is 59.7 Å². The number of carbonyl (C=O) groups is 1. The summed E-state index contributed by atoms with van der Waals surface area (Å²) in [7, 11) is 0. The van der Waals surface area contributed by atoms with Crippen LogP contribution < -0.4 is 10.1 Å². The molecule has 0 aliphatic heterocycles. The van der Waals surface area contributed by atoms with Gasteiger partial charge in [0.1, 0.15) is 11.6 Å². The van der Waals surface area contributed by atoms with Crippen LogP contribution in [0.15, 0.2) is 65.1 Å². The van der Waals surface area contributed by atoms with Gasteiger partial charge in [0.2, 0.25) is 0 Å². The number of fused-ring (bicyclic) bond motifs is 1. The number of hydrogen-bond acceptors (Lipinski definition) is 2. The Labute approximate surface area is 153 Å². The highest BCUT2D eigenvalue weighted by atomic mass is 79.9. The summed E-state index contributed by atoms with van der Waals surface area (Å²) in [6, 6.07) is 17.5. The zero-order valence-electron chi connectivity index (χ0n) is 13.6. The van der Waals surface area contributed by atoms with Crippen LogP contribution in [0.4, 0.5) is 4.39 Å². The van der Waals surface area contributed by atoms with E-state index in [-0.39, 0.29) is 24.4 Å². The number of halogens is 2. The van der Waals surface area contributed by atoms with Crippen molar-refractivity contribution in [2.24, 2.45) is 0 Å². The molecule has 0 aliphatic rings. The Balaban J connectivity index is 1.58. The highest BCUT2D eigenvalue weighted by Gasteiger charge is 2.10. The largest absolute Gasteiger partial charge is 0.484 e. The lowest BCUT2D eigenvalue weighted by Crippen LogP contribution is -2.31. The Morgan fingerprint density at radius 1 is 1.08 bits per heavy atom. The highest BCUT2D eigenvalue weighted by molar-refractivity contribution is 9.10. The lowest BCUT2D eigenvalue weighted by molar-refractivity contribution is -0.123. The number of carbonyl (C=O) groups excluding carboxylic acids is 1. The molecule has 1 amide bonds. The lowest BCUT2D eigenvalue weighted by atomic mass is 10.1. The SMILES string of the molecule is CC(NC(=O)COc1ccc2cc(Br)ccc2c1)c1ccc(F)cc1. The van der Waals surface area contributed by atoms with Crippen molar-refractivity contribution in [2.45, 2.75) is 13.0 Å². The molecule has 1 atom stereocenters. The van der Waals surface area contributed by atoms with Crippen molar-refractivity contribution in [3.8, 4) is 5.75 Å². The van der Waals surface area contributed by atoms with Gasteiger partial charge in [0.15, 0.2) is 6.61 Å². The van der Waals surface area contributed by atoms with Crippen LogP contribution in [0.1, 0.15) is 18.5 Å². The summed E-state index contributed by atoms with van der Waals surface area (Å²) in [5.74, 6) is 0.112. The van der Waals surface area contributed by atoms with Crippen molar-refractivity contribution in [3.63, 3.8) is 0 Å². The van der Waals surface area contributed by atoms with Crippen molar-refractivity contribution in [1.29, 1.82) is 0 Å². The maximum atomic E-state index is 12.9. The molecule has 1 unspecified atom stereocenters. The van der Waals surface area contributed by atoms with Crippen LogP contribution >= 0.6 is 15.9 Å². The average Bonchev–Trinajstić information content (AvgIpc) is 2.60. The number of ether oxygens (including phenoxy) is 1. The molecule has 0 heterocycles. The molecule has 3 nitrogen and oxygen atoms in total. The normalized spacial score (nSPS) is 12.0. The molecule has 0 aromatic heterocycles. The molecule has 0 bridgehead atoms. The van der Waals surface area contributed by atoms with Crippen molar-refractivity contribution < 1.29 is 13.9 Å². The van der Waals surface area contributed by atoms with Crippen LogP contribution in [-0.2, 0) is 4.79 Å². The molecule has 0 saturated carbocycles. The summed E-state index contributed by atoms with van der Waals surface area (Å²) in [6.45, 7) is 1.77. The first-order valence-corrected chi connectivity index (χ1v) is 8.67.